The summed E-state index contributed by atoms with van der Waals surface area (Å²) in [4.78, 5) is 7.05. The average molecular weight is 479 g/mol. The van der Waals surface area contributed by atoms with Gasteiger partial charge in [0.1, 0.15) is 0 Å². The van der Waals surface area contributed by atoms with Gasteiger partial charge in [-0.3, -0.25) is 9.89 Å². The van der Waals surface area contributed by atoms with Crippen molar-refractivity contribution in [3.05, 3.63) is 34.9 Å². The third-order valence-electron chi connectivity index (χ3n) is 4.78. The molecule has 2 heterocycles. The molecular formula is C18H28ClIN4O. The molecule has 2 fully saturated rings. The van der Waals surface area contributed by atoms with Gasteiger partial charge in [-0.1, -0.05) is 23.7 Å². The Morgan fingerprint density at radius 2 is 2.16 bits per heavy atom. The summed E-state index contributed by atoms with van der Waals surface area (Å²) in [5.74, 6) is 0.497. The summed E-state index contributed by atoms with van der Waals surface area (Å²) in [5.41, 5.74) is 7.25. The fraction of sp³-hybridized carbons (Fsp3) is 0.611. The first-order valence-corrected chi connectivity index (χ1v) is 9.25. The second-order valence-electron chi connectivity index (χ2n) is 6.56. The van der Waals surface area contributed by atoms with Crippen molar-refractivity contribution in [2.75, 3.05) is 32.8 Å². The summed E-state index contributed by atoms with van der Waals surface area (Å²) in [6.45, 7) is 4.45. The Kier molecular flexibility index (Phi) is 8.75. The van der Waals surface area contributed by atoms with Crippen molar-refractivity contribution < 1.29 is 4.74 Å². The molecule has 2 atom stereocenters. The number of rotatable bonds is 6. The molecule has 140 valence electrons. The van der Waals surface area contributed by atoms with Crippen LogP contribution in [0.5, 0.6) is 0 Å². The molecule has 1 aromatic rings. The van der Waals surface area contributed by atoms with Gasteiger partial charge in [0.25, 0.3) is 0 Å². The predicted octanol–water partition coefficient (Wildman–Crippen LogP) is 3.18. The van der Waals surface area contributed by atoms with Crippen LogP contribution in [-0.2, 0) is 4.74 Å². The van der Waals surface area contributed by atoms with Crippen LogP contribution >= 0.6 is 35.6 Å². The first-order valence-electron chi connectivity index (χ1n) is 8.87. The molecule has 25 heavy (non-hydrogen) atoms. The molecule has 2 aliphatic heterocycles. The maximum Gasteiger partial charge on any atom is 0.188 e. The molecule has 3 N–H and O–H groups in total. The van der Waals surface area contributed by atoms with E-state index in [9.17, 15) is 0 Å². The van der Waals surface area contributed by atoms with Crippen LogP contribution in [0.1, 0.15) is 37.3 Å². The summed E-state index contributed by atoms with van der Waals surface area (Å²) in [6, 6.07) is 8.31. The van der Waals surface area contributed by atoms with Crippen molar-refractivity contribution >= 4 is 41.5 Å². The number of nitrogens with one attached hydrogen (secondary N) is 1. The Hall–Kier alpha value is -0.570. The maximum absolute atomic E-state index is 6.18. The summed E-state index contributed by atoms with van der Waals surface area (Å²) in [7, 11) is 0. The maximum atomic E-state index is 6.18. The van der Waals surface area contributed by atoms with Gasteiger partial charge >= 0.3 is 0 Å². The fourth-order valence-electron chi connectivity index (χ4n) is 3.46. The summed E-state index contributed by atoms with van der Waals surface area (Å²) < 4.78 is 5.60. The number of likely N-dealkylation sites (tertiary alicyclic amines) is 1. The van der Waals surface area contributed by atoms with E-state index in [1.54, 1.807) is 0 Å². The van der Waals surface area contributed by atoms with Crippen LogP contribution in [0.2, 0.25) is 5.02 Å². The standard InChI is InChI=1S/C18H27ClN4O.HI/c19-15-6-3-5-14(11-15)17(23-8-1-2-9-23)13-22-18(20)21-12-16-7-4-10-24-16;/h3,5-6,11,16-17H,1-2,4,7-10,12-13H2,(H3,20,21,22);1H. The quantitative estimate of drug-likeness (QED) is 0.374. The number of guanidine groups is 1. The zero-order valence-corrected chi connectivity index (χ0v) is 17.6. The highest BCUT2D eigenvalue weighted by atomic mass is 127. The minimum absolute atomic E-state index is 0. The van der Waals surface area contributed by atoms with Crippen LogP contribution in [-0.4, -0.2) is 49.7 Å². The number of hydrogen-bond acceptors (Lipinski definition) is 3. The van der Waals surface area contributed by atoms with E-state index in [1.807, 2.05) is 18.2 Å². The molecule has 0 bridgehead atoms. The van der Waals surface area contributed by atoms with Gasteiger partial charge in [-0.2, -0.15) is 0 Å². The van der Waals surface area contributed by atoms with Gasteiger partial charge in [-0.15, -0.1) is 24.0 Å². The molecule has 0 aromatic heterocycles. The van der Waals surface area contributed by atoms with Gasteiger partial charge in [-0.25, -0.2) is 0 Å². The number of halogens is 2. The molecule has 0 spiro atoms. The second-order valence-corrected chi connectivity index (χ2v) is 6.99. The average Bonchev–Trinajstić information content (AvgIpc) is 3.27. The second kappa shape index (κ2) is 10.5. The van der Waals surface area contributed by atoms with Crippen LogP contribution in [0.25, 0.3) is 0 Å². The summed E-state index contributed by atoms with van der Waals surface area (Å²) >= 11 is 6.18. The van der Waals surface area contributed by atoms with E-state index < -0.39 is 0 Å². The molecule has 3 rings (SSSR count). The molecule has 2 saturated heterocycles. The third-order valence-corrected chi connectivity index (χ3v) is 5.02. The molecule has 0 amide bonds. The summed E-state index contributed by atoms with van der Waals surface area (Å²) in [5, 5.41) is 3.96. The number of aliphatic imine (C=N–C) groups is 1. The van der Waals surface area contributed by atoms with Gasteiger partial charge in [0.2, 0.25) is 0 Å². The van der Waals surface area contributed by atoms with Crippen LogP contribution in [0, 0.1) is 0 Å². The number of nitrogens with two attached hydrogens (primary N) is 1. The molecule has 0 aliphatic carbocycles. The van der Waals surface area contributed by atoms with Crippen LogP contribution in [0.15, 0.2) is 29.3 Å². The van der Waals surface area contributed by atoms with Crippen molar-refractivity contribution in [1.82, 2.24) is 10.2 Å². The van der Waals surface area contributed by atoms with E-state index >= 15 is 0 Å². The van der Waals surface area contributed by atoms with Crippen LogP contribution in [0.3, 0.4) is 0 Å². The minimum Gasteiger partial charge on any atom is -0.376 e. The highest BCUT2D eigenvalue weighted by Gasteiger charge is 2.23. The lowest BCUT2D eigenvalue weighted by Crippen LogP contribution is -2.38. The predicted molar refractivity (Wildman–Crippen MR) is 114 cm³/mol. The largest absolute Gasteiger partial charge is 0.376 e. The van der Waals surface area contributed by atoms with Gasteiger partial charge in [0.05, 0.1) is 18.7 Å². The number of ether oxygens (including phenoxy) is 1. The molecule has 2 unspecified atom stereocenters. The molecule has 1 aromatic carbocycles. The number of hydrogen-bond donors (Lipinski definition) is 2. The van der Waals surface area contributed by atoms with Crippen LogP contribution in [0.4, 0.5) is 0 Å². The van der Waals surface area contributed by atoms with Gasteiger partial charge in [0.15, 0.2) is 5.96 Å². The first kappa shape index (κ1) is 20.7. The Balaban J connectivity index is 0.00000225. The zero-order valence-electron chi connectivity index (χ0n) is 14.5. The molecule has 0 radical (unpaired) electrons. The Morgan fingerprint density at radius 1 is 1.36 bits per heavy atom. The molecule has 0 saturated carbocycles. The normalized spacial score (nSPS) is 22.6. The SMILES string of the molecule is I.NC(=NCC(c1cccc(Cl)c1)N1CCCC1)NCC1CCCO1. The van der Waals surface area contributed by atoms with Crippen molar-refractivity contribution in [3.63, 3.8) is 0 Å². The molecule has 2 aliphatic rings. The van der Waals surface area contributed by atoms with Crippen LogP contribution < -0.4 is 11.1 Å². The van der Waals surface area contributed by atoms with E-state index in [-0.39, 0.29) is 36.1 Å². The van der Waals surface area contributed by atoms with Gasteiger partial charge in [0, 0.05) is 18.2 Å². The first-order chi connectivity index (χ1) is 11.7. The lowest BCUT2D eigenvalue weighted by molar-refractivity contribution is 0.114. The molecular weight excluding hydrogens is 451 g/mol. The molecule has 7 heteroatoms. The Labute approximate surface area is 172 Å². The van der Waals surface area contributed by atoms with E-state index in [4.69, 9.17) is 22.1 Å². The highest BCUT2D eigenvalue weighted by Crippen LogP contribution is 2.27. The summed E-state index contributed by atoms with van der Waals surface area (Å²) in [6.07, 6.45) is 4.98. The third kappa shape index (κ3) is 6.27. The van der Waals surface area contributed by atoms with E-state index in [0.717, 1.165) is 44.1 Å². The lowest BCUT2D eigenvalue weighted by Gasteiger charge is -2.27. The van der Waals surface area contributed by atoms with Crippen molar-refractivity contribution in [1.29, 1.82) is 0 Å². The van der Waals surface area contributed by atoms with E-state index in [0.29, 0.717) is 12.5 Å². The van der Waals surface area contributed by atoms with Gasteiger partial charge in [-0.05, 0) is 56.5 Å². The Morgan fingerprint density at radius 3 is 2.84 bits per heavy atom. The smallest absolute Gasteiger partial charge is 0.188 e. The van der Waals surface area contributed by atoms with Crippen molar-refractivity contribution in [2.24, 2.45) is 10.7 Å². The fourth-order valence-corrected chi connectivity index (χ4v) is 3.66. The van der Waals surface area contributed by atoms with Gasteiger partial charge < -0.3 is 15.8 Å². The van der Waals surface area contributed by atoms with Crippen molar-refractivity contribution in [2.45, 2.75) is 37.8 Å². The molecule has 5 nitrogen and oxygen atoms in total. The van der Waals surface area contributed by atoms with E-state index in [2.05, 4.69) is 21.3 Å². The van der Waals surface area contributed by atoms with E-state index in [1.165, 1.54) is 18.4 Å². The lowest BCUT2D eigenvalue weighted by atomic mass is 10.1. The zero-order chi connectivity index (χ0) is 16.8. The minimum atomic E-state index is 0. The number of nitrogens with zero attached hydrogens (tertiary/aromatic N) is 2. The highest BCUT2D eigenvalue weighted by molar-refractivity contribution is 14.0. The number of benzene rings is 1. The monoisotopic (exact) mass is 478 g/mol. The topological polar surface area (TPSA) is 62.9 Å². The Bertz CT molecular complexity index is 560. The van der Waals surface area contributed by atoms with Crippen molar-refractivity contribution in [3.8, 4) is 0 Å².